The monoisotopic (exact) mass is 369 g/mol. The number of fused-ring (bicyclic) bond motifs is 1. The number of hydrogen-bond acceptors (Lipinski definition) is 5. The number of halogens is 1. The summed E-state index contributed by atoms with van der Waals surface area (Å²) in [5.41, 5.74) is 0.214. The summed E-state index contributed by atoms with van der Waals surface area (Å²) in [4.78, 5) is 31.0. The Morgan fingerprint density at radius 2 is 2.00 bits per heavy atom. The fourth-order valence-corrected chi connectivity index (χ4v) is 2.88. The number of aromatic amines is 1. The fourth-order valence-electron chi connectivity index (χ4n) is 2.88. The summed E-state index contributed by atoms with van der Waals surface area (Å²) in [6.07, 6.45) is 1.56. The molecule has 27 heavy (non-hydrogen) atoms. The highest BCUT2D eigenvalue weighted by atomic mass is 19.1. The van der Waals surface area contributed by atoms with Crippen LogP contribution < -0.4 is 16.6 Å². The van der Waals surface area contributed by atoms with E-state index in [1.165, 1.54) is 23.7 Å². The quantitative estimate of drug-likeness (QED) is 0.559. The van der Waals surface area contributed by atoms with E-state index in [1.807, 2.05) is 6.07 Å². The molecule has 3 heterocycles. The predicted octanol–water partition coefficient (Wildman–Crippen LogP) is 1.82. The van der Waals surface area contributed by atoms with Crippen LogP contribution in [0.2, 0.25) is 0 Å². The van der Waals surface area contributed by atoms with Gasteiger partial charge in [0.15, 0.2) is 11.2 Å². The summed E-state index contributed by atoms with van der Waals surface area (Å²) in [7, 11) is 1.53. The van der Waals surface area contributed by atoms with Gasteiger partial charge in [0.05, 0.1) is 19.4 Å². The first-order valence-corrected chi connectivity index (χ1v) is 8.23. The van der Waals surface area contributed by atoms with Crippen LogP contribution in [-0.4, -0.2) is 19.1 Å². The van der Waals surface area contributed by atoms with E-state index < -0.39 is 11.2 Å². The number of aromatic nitrogens is 4. The molecule has 4 aromatic rings. The first kappa shape index (κ1) is 16.8. The summed E-state index contributed by atoms with van der Waals surface area (Å²) in [6, 6.07) is 9.55. The lowest BCUT2D eigenvalue weighted by Gasteiger charge is -2.10. The molecule has 0 fully saturated rings. The third-order valence-electron chi connectivity index (χ3n) is 4.26. The highest BCUT2D eigenvalue weighted by molar-refractivity contribution is 5.74. The lowest BCUT2D eigenvalue weighted by Crippen LogP contribution is -2.29. The number of benzene rings is 1. The van der Waals surface area contributed by atoms with Gasteiger partial charge in [0, 0.05) is 7.05 Å². The van der Waals surface area contributed by atoms with Crippen LogP contribution >= 0.6 is 0 Å². The Labute approximate surface area is 151 Å². The van der Waals surface area contributed by atoms with Crippen LogP contribution in [0.25, 0.3) is 11.2 Å². The number of nitrogens with zero attached hydrogens (tertiary/aromatic N) is 3. The van der Waals surface area contributed by atoms with Crippen molar-refractivity contribution in [3.05, 3.63) is 80.6 Å². The van der Waals surface area contributed by atoms with E-state index in [-0.39, 0.29) is 23.5 Å². The van der Waals surface area contributed by atoms with Gasteiger partial charge in [0.1, 0.15) is 11.6 Å². The first-order chi connectivity index (χ1) is 13.0. The van der Waals surface area contributed by atoms with Crippen LogP contribution in [-0.2, 0) is 20.1 Å². The molecule has 0 aliphatic carbocycles. The Bertz CT molecular complexity index is 1200. The minimum absolute atomic E-state index is 0.253. The molecule has 0 saturated carbocycles. The van der Waals surface area contributed by atoms with Crippen molar-refractivity contribution < 1.29 is 8.81 Å². The van der Waals surface area contributed by atoms with Crippen molar-refractivity contribution in [2.45, 2.75) is 13.1 Å². The van der Waals surface area contributed by atoms with Gasteiger partial charge in [0.25, 0.3) is 5.56 Å². The third-order valence-corrected chi connectivity index (χ3v) is 4.26. The van der Waals surface area contributed by atoms with Gasteiger partial charge in [-0.3, -0.25) is 18.9 Å². The van der Waals surface area contributed by atoms with Gasteiger partial charge in [-0.05, 0) is 29.8 Å². The van der Waals surface area contributed by atoms with E-state index >= 15 is 0 Å². The molecular formula is C18H16FN5O3. The van der Waals surface area contributed by atoms with Gasteiger partial charge < -0.3 is 9.73 Å². The van der Waals surface area contributed by atoms with Crippen LogP contribution in [0.15, 0.2) is 56.7 Å². The molecule has 0 bridgehead atoms. The number of nitrogens with one attached hydrogen (secondary N) is 2. The maximum atomic E-state index is 13.2. The van der Waals surface area contributed by atoms with Crippen LogP contribution in [0.3, 0.4) is 0 Å². The van der Waals surface area contributed by atoms with Gasteiger partial charge in [-0.2, -0.15) is 4.98 Å². The topological polar surface area (TPSA) is 97.8 Å². The normalized spacial score (nSPS) is 11.2. The summed E-state index contributed by atoms with van der Waals surface area (Å²) in [6.45, 7) is 0.629. The molecule has 0 aliphatic heterocycles. The average Bonchev–Trinajstić information content (AvgIpc) is 3.28. The molecule has 3 aromatic heterocycles. The van der Waals surface area contributed by atoms with E-state index in [1.54, 1.807) is 29.0 Å². The SMILES string of the molecule is Cn1c(=O)[nH]c(=O)c2c1nc(NCc1ccco1)n2Cc1ccc(F)cc1. The number of anilines is 1. The number of imidazole rings is 1. The predicted molar refractivity (Wildman–Crippen MR) is 97.1 cm³/mol. The number of furan rings is 1. The van der Waals surface area contributed by atoms with Crippen molar-refractivity contribution in [3.8, 4) is 0 Å². The minimum Gasteiger partial charge on any atom is -0.467 e. The van der Waals surface area contributed by atoms with Crippen LogP contribution in [0.4, 0.5) is 10.3 Å². The summed E-state index contributed by atoms with van der Waals surface area (Å²) >= 11 is 0. The summed E-state index contributed by atoms with van der Waals surface area (Å²) < 4.78 is 21.4. The average molecular weight is 369 g/mol. The Balaban J connectivity index is 1.82. The molecule has 0 aliphatic rings. The lowest BCUT2D eigenvalue weighted by atomic mass is 10.2. The molecule has 138 valence electrons. The molecule has 2 N–H and O–H groups in total. The van der Waals surface area contributed by atoms with Crippen LogP contribution in [0, 0.1) is 5.82 Å². The van der Waals surface area contributed by atoms with Crippen molar-refractivity contribution in [2.75, 3.05) is 5.32 Å². The van der Waals surface area contributed by atoms with Gasteiger partial charge in [0.2, 0.25) is 5.95 Å². The van der Waals surface area contributed by atoms with E-state index in [2.05, 4.69) is 15.3 Å². The molecule has 1 aromatic carbocycles. The number of rotatable bonds is 5. The zero-order valence-electron chi connectivity index (χ0n) is 14.4. The third kappa shape index (κ3) is 3.14. The Kier molecular flexibility index (Phi) is 4.11. The molecule has 0 radical (unpaired) electrons. The largest absolute Gasteiger partial charge is 0.467 e. The first-order valence-electron chi connectivity index (χ1n) is 8.23. The maximum Gasteiger partial charge on any atom is 0.329 e. The van der Waals surface area contributed by atoms with Crippen molar-refractivity contribution in [1.29, 1.82) is 0 Å². The molecule has 4 rings (SSSR count). The maximum absolute atomic E-state index is 13.2. The van der Waals surface area contributed by atoms with Crippen LogP contribution in [0.5, 0.6) is 0 Å². The van der Waals surface area contributed by atoms with E-state index in [4.69, 9.17) is 4.42 Å². The lowest BCUT2D eigenvalue weighted by molar-refractivity contribution is 0.517. The zero-order valence-corrected chi connectivity index (χ0v) is 14.4. The van der Waals surface area contributed by atoms with Gasteiger partial charge >= 0.3 is 5.69 Å². The molecule has 0 unspecified atom stereocenters. The standard InChI is InChI=1S/C18H16FN5O3/c1-23-15-14(16(25)22-18(23)26)24(10-11-4-6-12(19)7-5-11)17(21-15)20-9-13-3-2-8-27-13/h2-8H,9-10H2,1H3,(H,20,21)(H,22,25,26). The number of hydrogen-bond donors (Lipinski definition) is 2. The second-order valence-electron chi connectivity index (χ2n) is 6.07. The van der Waals surface area contributed by atoms with Gasteiger partial charge in [-0.1, -0.05) is 12.1 Å². The summed E-state index contributed by atoms with van der Waals surface area (Å²) in [5, 5.41) is 3.13. The van der Waals surface area contributed by atoms with Gasteiger partial charge in [-0.15, -0.1) is 0 Å². The number of aryl methyl sites for hydroxylation is 1. The molecule has 0 amide bonds. The Hall–Kier alpha value is -3.62. The van der Waals surface area contributed by atoms with Crippen molar-refractivity contribution in [2.24, 2.45) is 7.05 Å². The highest BCUT2D eigenvalue weighted by Crippen LogP contribution is 2.18. The molecule has 0 saturated heterocycles. The Morgan fingerprint density at radius 1 is 1.22 bits per heavy atom. The smallest absolute Gasteiger partial charge is 0.329 e. The second kappa shape index (κ2) is 6.60. The highest BCUT2D eigenvalue weighted by Gasteiger charge is 2.17. The van der Waals surface area contributed by atoms with E-state index in [0.717, 1.165) is 5.56 Å². The van der Waals surface area contributed by atoms with Crippen molar-refractivity contribution in [3.63, 3.8) is 0 Å². The number of H-pyrrole nitrogens is 1. The van der Waals surface area contributed by atoms with Crippen molar-refractivity contribution in [1.82, 2.24) is 19.1 Å². The van der Waals surface area contributed by atoms with Gasteiger partial charge in [-0.25, -0.2) is 9.18 Å². The molecule has 0 atom stereocenters. The Morgan fingerprint density at radius 3 is 2.70 bits per heavy atom. The van der Waals surface area contributed by atoms with E-state index in [0.29, 0.717) is 18.3 Å². The summed E-state index contributed by atoms with van der Waals surface area (Å²) in [5.74, 6) is 0.751. The fraction of sp³-hybridized carbons (Fsp3) is 0.167. The molecule has 0 spiro atoms. The van der Waals surface area contributed by atoms with Crippen molar-refractivity contribution >= 4 is 17.1 Å². The zero-order chi connectivity index (χ0) is 19.0. The minimum atomic E-state index is -0.545. The molecular weight excluding hydrogens is 353 g/mol. The molecule has 8 nitrogen and oxygen atoms in total. The van der Waals surface area contributed by atoms with E-state index in [9.17, 15) is 14.0 Å². The second-order valence-corrected chi connectivity index (χ2v) is 6.07. The van der Waals surface area contributed by atoms with Crippen LogP contribution in [0.1, 0.15) is 11.3 Å². The molecule has 9 heteroatoms.